The van der Waals surface area contributed by atoms with E-state index in [2.05, 4.69) is 6.58 Å². The highest BCUT2D eigenvalue weighted by atomic mass is 16.6. The van der Waals surface area contributed by atoms with Gasteiger partial charge >= 0.3 is 5.97 Å². The van der Waals surface area contributed by atoms with Gasteiger partial charge in [0.2, 0.25) is 0 Å². The maximum absolute atomic E-state index is 10.8. The third-order valence-corrected chi connectivity index (χ3v) is 1.33. The Bertz CT molecular complexity index is 158. The molecule has 0 saturated carbocycles. The van der Waals surface area contributed by atoms with Gasteiger partial charge in [-0.1, -0.05) is 6.58 Å². The van der Waals surface area contributed by atoms with E-state index in [0.717, 1.165) is 6.08 Å². The van der Waals surface area contributed by atoms with Crippen molar-refractivity contribution in [3.05, 3.63) is 12.7 Å². The molecule has 0 radical (unpaired) electrons. The molecule has 12 heavy (non-hydrogen) atoms. The Morgan fingerprint density at radius 2 is 2.17 bits per heavy atom. The van der Waals surface area contributed by atoms with Crippen molar-refractivity contribution in [3.63, 3.8) is 0 Å². The lowest BCUT2D eigenvalue weighted by Gasteiger charge is -2.25. The van der Waals surface area contributed by atoms with Gasteiger partial charge in [-0.15, -0.1) is 0 Å². The Balaban J connectivity index is 4.13. The van der Waals surface area contributed by atoms with E-state index in [0.29, 0.717) is 0 Å². The molecule has 4 heteroatoms. The molecule has 70 valence electrons. The topological polar surface area (TPSA) is 49.8 Å². The first-order valence-electron chi connectivity index (χ1n) is 3.66. The highest BCUT2D eigenvalue weighted by molar-refractivity contribution is 5.81. The molecule has 0 aliphatic heterocycles. The van der Waals surface area contributed by atoms with Crippen LogP contribution in [0.25, 0.3) is 0 Å². The van der Waals surface area contributed by atoms with Gasteiger partial charge in [-0.25, -0.2) is 4.79 Å². The molecule has 4 nitrogen and oxygen atoms in total. The van der Waals surface area contributed by atoms with Crippen LogP contribution in [0.3, 0.4) is 0 Å². The monoisotopic (exact) mass is 173 g/mol. The van der Waals surface area contributed by atoms with Gasteiger partial charge in [-0.2, -0.15) is 0 Å². The second-order valence-electron chi connectivity index (χ2n) is 2.74. The van der Waals surface area contributed by atoms with Crippen LogP contribution in [-0.4, -0.2) is 42.4 Å². The zero-order chi connectivity index (χ0) is 9.72. The number of rotatable bonds is 4. The van der Waals surface area contributed by atoms with Crippen LogP contribution >= 0.6 is 0 Å². The molecule has 0 amide bonds. The van der Waals surface area contributed by atoms with Crippen LogP contribution in [0.15, 0.2) is 12.7 Å². The molecule has 0 heterocycles. The van der Waals surface area contributed by atoms with Crippen LogP contribution in [0, 0.1) is 0 Å². The fraction of sp³-hybridized carbons (Fsp3) is 0.625. The lowest BCUT2D eigenvalue weighted by molar-refractivity contribution is -0.160. The molecule has 0 fully saturated rings. The lowest BCUT2D eigenvalue weighted by Crippen LogP contribution is -2.40. The Morgan fingerprint density at radius 3 is 2.42 bits per heavy atom. The summed E-state index contributed by atoms with van der Waals surface area (Å²) in [5.41, 5.74) is 0. The Kier molecular flexibility index (Phi) is 4.54. The summed E-state index contributed by atoms with van der Waals surface area (Å²) in [6.45, 7) is 4.81. The van der Waals surface area contributed by atoms with Crippen molar-refractivity contribution in [2.24, 2.45) is 0 Å². The van der Waals surface area contributed by atoms with Crippen molar-refractivity contribution in [1.29, 1.82) is 0 Å². The number of esters is 1. The fourth-order valence-corrected chi connectivity index (χ4v) is 0.802. The minimum Gasteiger partial charge on any atom is -0.440 e. The van der Waals surface area contributed by atoms with Crippen LogP contribution in [0.1, 0.15) is 6.92 Å². The van der Waals surface area contributed by atoms with Gasteiger partial charge in [0.25, 0.3) is 0 Å². The van der Waals surface area contributed by atoms with Crippen molar-refractivity contribution >= 4 is 5.97 Å². The van der Waals surface area contributed by atoms with E-state index in [1.54, 1.807) is 25.9 Å². The average Bonchev–Trinajstić information content (AvgIpc) is 1.98. The highest BCUT2D eigenvalue weighted by Crippen LogP contribution is 2.02. The van der Waals surface area contributed by atoms with Crippen molar-refractivity contribution < 1.29 is 14.6 Å². The normalized spacial score (nSPS) is 15.4. The molecule has 1 N–H and O–H groups in total. The summed E-state index contributed by atoms with van der Waals surface area (Å²) in [6, 6.07) is 0. The zero-order valence-corrected chi connectivity index (χ0v) is 7.65. The van der Waals surface area contributed by atoms with Gasteiger partial charge in [0.1, 0.15) is 6.10 Å². The number of hydrogen-bond acceptors (Lipinski definition) is 4. The second-order valence-corrected chi connectivity index (χ2v) is 2.74. The largest absolute Gasteiger partial charge is 0.440 e. The van der Waals surface area contributed by atoms with Crippen LogP contribution in [0.4, 0.5) is 0 Å². The van der Waals surface area contributed by atoms with Crippen molar-refractivity contribution in [3.8, 4) is 0 Å². The van der Waals surface area contributed by atoms with Gasteiger partial charge in [0.05, 0.1) is 0 Å². The zero-order valence-electron chi connectivity index (χ0n) is 7.65. The first-order chi connectivity index (χ1) is 5.49. The molecule has 0 saturated heterocycles. The number of nitrogens with zero attached hydrogens (tertiary/aromatic N) is 1. The molecule has 0 aliphatic rings. The molecule has 0 aliphatic carbocycles. The molecule has 0 aromatic rings. The summed E-state index contributed by atoms with van der Waals surface area (Å²) in [5.74, 6) is -0.533. The maximum Gasteiger partial charge on any atom is 0.331 e. The molecular formula is C8H15NO3. The van der Waals surface area contributed by atoms with E-state index in [9.17, 15) is 9.90 Å². The van der Waals surface area contributed by atoms with E-state index in [4.69, 9.17) is 4.74 Å². The van der Waals surface area contributed by atoms with E-state index in [1.165, 1.54) is 0 Å². The quantitative estimate of drug-likeness (QED) is 0.369. The predicted molar refractivity (Wildman–Crippen MR) is 45.4 cm³/mol. The summed E-state index contributed by atoms with van der Waals surface area (Å²) in [5, 5.41) is 9.17. The van der Waals surface area contributed by atoms with Gasteiger partial charge < -0.3 is 9.84 Å². The molecule has 2 unspecified atom stereocenters. The van der Waals surface area contributed by atoms with Crippen molar-refractivity contribution in [1.82, 2.24) is 4.90 Å². The summed E-state index contributed by atoms with van der Waals surface area (Å²) < 4.78 is 4.84. The summed E-state index contributed by atoms with van der Waals surface area (Å²) in [4.78, 5) is 12.4. The third kappa shape index (κ3) is 3.50. The van der Waals surface area contributed by atoms with Gasteiger partial charge in [-0.05, 0) is 21.0 Å². The van der Waals surface area contributed by atoms with Crippen molar-refractivity contribution in [2.75, 3.05) is 14.1 Å². The van der Waals surface area contributed by atoms with Crippen LogP contribution in [0.2, 0.25) is 0 Å². The van der Waals surface area contributed by atoms with E-state index in [1.807, 2.05) is 0 Å². The lowest BCUT2D eigenvalue weighted by atomic mass is 10.3. The number of ether oxygens (including phenoxy) is 1. The first kappa shape index (κ1) is 11.1. The fourth-order valence-electron chi connectivity index (χ4n) is 0.802. The minimum atomic E-state index is -0.719. The molecular weight excluding hydrogens is 158 g/mol. The molecule has 0 rings (SSSR count). The van der Waals surface area contributed by atoms with Gasteiger partial charge in [0.15, 0.2) is 6.23 Å². The second kappa shape index (κ2) is 4.90. The number of aliphatic hydroxyl groups excluding tert-OH is 1. The molecule has 0 aromatic carbocycles. The molecule has 0 aromatic heterocycles. The molecule has 0 bridgehead atoms. The average molecular weight is 173 g/mol. The number of aliphatic hydroxyl groups is 1. The Morgan fingerprint density at radius 1 is 1.67 bits per heavy atom. The minimum absolute atomic E-state index is 0.533. The van der Waals surface area contributed by atoms with Gasteiger partial charge in [0, 0.05) is 6.08 Å². The predicted octanol–water partition coefficient (Wildman–Crippen LogP) is -0.0159. The van der Waals surface area contributed by atoms with E-state index < -0.39 is 18.3 Å². The summed E-state index contributed by atoms with van der Waals surface area (Å²) in [7, 11) is 3.43. The molecule has 0 spiro atoms. The number of likely N-dealkylation sites (N-methyl/N-ethyl adjacent to an activating group) is 1. The van der Waals surface area contributed by atoms with Crippen LogP contribution in [0.5, 0.6) is 0 Å². The van der Waals surface area contributed by atoms with Gasteiger partial charge in [-0.3, -0.25) is 4.90 Å². The SMILES string of the molecule is C=CC(=O)OC(C(C)O)N(C)C. The maximum atomic E-state index is 10.8. The Hall–Kier alpha value is -0.870. The van der Waals surface area contributed by atoms with Crippen molar-refractivity contribution in [2.45, 2.75) is 19.3 Å². The molecule has 2 atom stereocenters. The number of carbonyl (C=O) groups is 1. The van der Waals surface area contributed by atoms with Crippen LogP contribution in [-0.2, 0) is 9.53 Å². The standard InChI is InChI=1S/C8H15NO3/c1-5-7(11)12-8(6(2)10)9(3)4/h5-6,8,10H,1H2,2-4H3. The van der Waals surface area contributed by atoms with Crippen LogP contribution < -0.4 is 0 Å². The van der Waals surface area contributed by atoms with E-state index >= 15 is 0 Å². The summed E-state index contributed by atoms with van der Waals surface area (Å²) >= 11 is 0. The Labute approximate surface area is 72.4 Å². The highest BCUT2D eigenvalue weighted by Gasteiger charge is 2.20. The third-order valence-electron chi connectivity index (χ3n) is 1.33. The number of hydrogen-bond donors (Lipinski definition) is 1. The number of carbonyl (C=O) groups excluding carboxylic acids is 1. The first-order valence-corrected chi connectivity index (χ1v) is 3.66. The van der Waals surface area contributed by atoms with E-state index in [-0.39, 0.29) is 0 Å². The summed E-state index contributed by atoms with van der Waals surface area (Å²) in [6.07, 6.45) is -0.266. The smallest absolute Gasteiger partial charge is 0.331 e.